The van der Waals surface area contributed by atoms with Crippen molar-refractivity contribution in [2.45, 2.75) is 40.0 Å². The molecule has 0 aromatic rings. The van der Waals surface area contributed by atoms with Gasteiger partial charge >= 0.3 is 10.4 Å². The quantitative estimate of drug-likeness (QED) is 0.170. The van der Waals surface area contributed by atoms with Gasteiger partial charge in [0.2, 0.25) is 0 Å². The van der Waals surface area contributed by atoms with E-state index in [1.165, 1.54) is 0 Å². The molecule has 35 heavy (non-hydrogen) atoms. The summed E-state index contributed by atoms with van der Waals surface area (Å²) in [5, 5.41) is 15.2. The third-order valence-electron chi connectivity index (χ3n) is 1.49. The van der Waals surface area contributed by atoms with Crippen molar-refractivity contribution in [3.8, 4) is 0 Å². The summed E-state index contributed by atoms with van der Waals surface area (Å²) in [6.07, 6.45) is 2.57. The van der Waals surface area contributed by atoms with E-state index in [0.29, 0.717) is 6.42 Å². The zero-order valence-electron chi connectivity index (χ0n) is 23.4. The van der Waals surface area contributed by atoms with Crippen LogP contribution in [0.3, 0.4) is 0 Å². The number of unbranched alkanes of at least 4 members (excludes halogenated alkanes) is 2. The van der Waals surface area contributed by atoms with Crippen LogP contribution in [0.5, 0.6) is 0 Å². The summed E-state index contributed by atoms with van der Waals surface area (Å²) in [6.45, 7) is 55.5. The van der Waals surface area contributed by atoms with Crippen molar-refractivity contribution in [3.05, 3.63) is 105 Å². The van der Waals surface area contributed by atoms with Gasteiger partial charge in [-0.25, -0.2) is 4.18 Å². The van der Waals surface area contributed by atoms with Crippen molar-refractivity contribution < 1.29 is 32.1 Å². The van der Waals surface area contributed by atoms with Crippen LogP contribution in [0, 0.1) is 0 Å². The largest absolute Gasteiger partial charge is 0.397 e. The summed E-state index contributed by atoms with van der Waals surface area (Å²) < 4.78 is 36.8. The Kier molecular flexibility index (Phi) is 318. The van der Waals surface area contributed by atoms with E-state index in [4.69, 9.17) is 19.5 Å². The summed E-state index contributed by atoms with van der Waals surface area (Å²) in [7, 11) is -4.20. The van der Waals surface area contributed by atoms with Gasteiger partial charge in [0.05, 0.1) is 19.8 Å². The van der Waals surface area contributed by atoms with Crippen LogP contribution in [0.4, 0.5) is 0 Å². The summed E-state index contributed by atoms with van der Waals surface area (Å²) in [5.41, 5.74) is 0. The Bertz CT molecular complexity index is 310. The summed E-state index contributed by atoms with van der Waals surface area (Å²) in [5.74, 6) is 0. The molecule has 0 atom stereocenters. The maximum absolute atomic E-state index is 9.93. The Balaban J connectivity index is -0.0000000222. The van der Waals surface area contributed by atoms with Gasteiger partial charge in [0, 0.05) is 13.2 Å². The van der Waals surface area contributed by atoms with Crippen LogP contribution in [0.25, 0.3) is 0 Å². The van der Waals surface area contributed by atoms with Crippen molar-refractivity contribution >= 4 is 10.4 Å². The monoisotopic (exact) mass is 528 g/mol. The van der Waals surface area contributed by atoms with Crippen LogP contribution in [-0.2, 0) is 19.3 Å². The Labute approximate surface area is 220 Å². The average Bonchev–Trinajstić information content (AvgIpc) is 2.96. The standard InChI is InChI=1S/C5H12O4S.C4H10O.C2H6O2.8C2H4/c1-2-3-4-5-9-10(6,7)8;1-3-5-4-2;3-1-2-4;8*1-2/h2-5H2,1H3,(H,6,7,8);3-4H2,1-2H3;3-4H,1-2H2;8*1-2H2. The van der Waals surface area contributed by atoms with Gasteiger partial charge in [0.15, 0.2) is 0 Å². The zero-order valence-corrected chi connectivity index (χ0v) is 24.2. The van der Waals surface area contributed by atoms with Crippen LogP contribution < -0.4 is 0 Å². The molecule has 0 bridgehead atoms. The van der Waals surface area contributed by atoms with Crippen LogP contribution >= 0.6 is 0 Å². The molecule has 0 spiro atoms. The summed E-state index contributed by atoms with van der Waals surface area (Å²) >= 11 is 0. The molecule has 0 aromatic carbocycles. The van der Waals surface area contributed by atoms with E-state index in [9.17, 15) is 8.42 Å². The van der Waals surface area contributed by atoms with Gasteiger partial charge in [-0.1, -0.05) is 19.8 Å². The minimum Gasteiger partial charge on any atom is -0.394 e. The van der Waals surface area contributed by atoms with Crippen molar-refractivity contribution in [2.24, 2.45) is 0 Å². The average molecular weight is 529 g/mol. The molecule has 0 fully saturated rings. The van der Waals surface area contributed by atoms with Gasteiger partial charge in [-0.15, -0.1) is 105 Å². The highest BCUT2D eigenvalue weighted by atomic mass is 32.3. The lowest BCUT2D eigenvalue weighted by atomic mass is 10.3. The number of rotatable bonds is 8. The van der Waals surface area contributed by atoms with E-state index in [0.717, 1.165) is 26.1 Å². The van der Waals surface area contributed by atoms with E-state index in [1.807, 2.05) is 20.8 Å². The molecule has 0 amide bonds. The third-order valence-corrected chi connectivity index (χ3v) is 1.95. The Hall–Kier alpha value is -2.33. The first-order valence-electron chi connectivity index (χ1n) is 10.3. The third kappa shape index (κ3) is 474. The Morgan fingerprint density at radius 2 is 0.829 bits per heavy atom. The van der Waals surface area contributed by atoms with E-state index < -0.39 is 10.4 Å². The highest BCUT2D eigenvalue weighted by molar-refractivity contribution is 7.80. The summed E-state index contributed by atoms with van der Waals surface area (Å²) in [4.78, 5) is 0. The van der Waals surface area contributed by atoms with Gasteiger partial charge < -0.3 is 14.9 Å². The fourth-order valence-corrected chi connectivity index (χ4v) is 1.05. The highest BCUT2D eigenvalue weighted by Gasteiger charge is 2.01. The molecule has 7 nitrogen and oxygen atoms in total. The van der Waals surface area contributed by atoms with Crippen molar-refractivity contribution in [1.82, 2.24) is 0 Å². The lowest BCUT2D eigenvalue weighted by Gasteiger charge is -1.96. The summed E-state index contributed by atoms with van der Waals surface area (Å²) in [6, 6.07) is 0. The highest BCUT2D eigenvalue weighted by Crippen LogP contribution is 1.96. The molecule has 0 aliphatic rings. The molecule has 0 saturated carbocycles. The molecule has 0 rings (SSSR count). The van der Waals surface area contributed by atoms with Gasteiger partial charge in [-0.2, -0.15) is 8.42 Å². The van der Waals surface area contributed by atoms with Gasteiger partial charge in [0.25, 0.3) is 0 Å². The second kappa shape index (κ2) is 159. The van der Waals surface area contributed by atoms with Crippen LogP contribution in [0.15, 0.2) is 105 Å². The van der Waals surface area contributed by atoms with E-state index >= 15 is 0 Å². The van der Waals surface area contributed by atoms with Gasteiger partial charge in [-0.05, 0) is 20.3 Å². The number of aliphatic hydroxyl groups is 2. The second-order valence-corrected chi connectivity index (χ2v) is 4.28. The molecular formula is C27H60O7S. The SMILES string of the molecule is C=C.C=C.C=C.C=C.C=C.C=C.C=C.C=C.CCCCCOS(=O)(=O)O.CCOCC.OCCO. The normalized spacial score (nSPS) is 6.34. The smallest absolute Gasteiger partial charge is 0.394 e. The zero-order chi connectivity index (χ0) is 31.6. The van der Waals surface area contributed by atoms with Crippen molar-refractivity contribution in [1.29, 1.82) is 0 Å². The maximum atomic E-state index is 9.93. The van der Waals surface area contributed by atoms with Crippen molar-refractivity contribution in [3.63, 3.8) is 0 Å². The first-order chi connectivity index (χ1) is 16.9. The van der Waals surface area contributed by atoms with E-state index in [-0.39, 0.29) is 19.8 Å². The lowest BCUT2D eigenvalue weighted by molar-refractivity contribution is 0.162. The molecule has 3 N–H and O–H groups in total. The molecule has 0 radical (unpaired) electrons. The molecule has 0 unspecified atom stereocenters. The number of hydrogen-bond donors (Lipinski definition) is 3. The molecule has 0 saturated heterocycles. The fourth-order valence-electron chi connectivity index (χ4n) is 0.720. The molecule has 0 aromatic heterocycles. The predicted molar refractivity (Wildman–Crippen MR) is 163 cm³/mol. The molecule has 8 heteroatoms. The molecule has 216 valence electrons. The number of aliphatic hydroxyl groups excluding tert-OH is 2. The topological polar surface area (TPSA) is 113 Å². The van der Waals surface area contributed by atoms with Crippen LogP contribution in [-0.4, -0.2) is 56.2 Å². The van der Waals surface area contributed by atoms with Crippen molar-refractivity contribution in [2.75, 3.05) is 33.0 Å². The molecular weight excluding hydrogens is 468 g/mol. The lowest BCUT2D eigenvalue weighted by Crippen LogP contribution is -2.04. The number of hydrogen-bond acceptors (Lipinski definition) is 6. The number of ether oxygens (including phenoxy) is 1. The fraction of sp³-hybridized carbons (Fsp3) is 0.407. The molecule has 0 aliphatic heterocycles. The minimum atomic E-state index is -4.20. The van der Waals surface area contributed by atoms with Crippen LogP contribution in [0.1, 0.15) is 40.0 Å². The molecule has 0 aliphatic carbocycles. The predicted octanol–water partition coefficient (Wildman–Crippen LogP) is 7.43. The molecule has 0 heterocycles. The Morgan fingerprint density at radius 1 is 0.571 bits per heavy atom. The van der Waals surface area contributed by atoms with Gasteiger partial charge in [-0.3, -0.25) is 4.55 Å². The Morgan fingerprint density at radius 3 is 0.943 bits per heavy atom. The maximum Gasteiger partial charge on any atom is 0.397 e. The van der Waals surface area contributed by atoms with Crippen LogP contribution in [0.2, 0.25) is 0 Å². The van der Waals surface area contributed by atoms with E-state index in [1.54, 1.807) is 0 Å². The first-order valence-corrected chi connectivity index (χ1v) is 11.7. The minimum absolute atomic E-state index is 0.0761. The van der Waals surface area contributed by atoms with Gasteiger partial charge in [0.1, 0.15) is 0 Å². The van der Waals surface area contributed by atoms with E-state index in [2.05, 4.69) is 109 Å². The first kappa shape index (κ1) is 69.8. The second-order valence-electron chi connectivity index (χ2n) is 3.19.